The molecule has 2 heterocycles. The van der Waals surface area contributed by atoms with E-state index in [4.69, 9.17) is 9.57 Å². The van der Waals surface area contributed by atoms with Gasteiger partial charge in [0.1, 0.15) is 11.7 Å². The van der Waals surface area contributed by atoms with Crippen molar-refractivity contribution in [1.29, 1.82) is 0 Å². The second kappa shape index (κ2) is 8.17. The van der Waals surface area contributed by atoms with Crippen LogP contribution in [0.25, 0.3) is 0 Å². The van der Waals surface area contributed by atoms with E-state index in [1.165, 1.54) is 31.4 Å². The molecule has 0 unspecified atom stereocenters. The number of carbonyl (C=O) groups excluding carboxylic acids is 2. The minimum Gasteiger partial charge on any atom is -0.503 e. The Morgan fingerprint density at radius 2 is 1.70 bits per heavy atom. The number of phenols is 1. The molecule has 3 aromatic rings. The van der Waals surface area contributed by atoms with Crippen molar-refractivity contribution in [3.05, 3.63) is 82.6 Å². The molecular formula is C24H18BrFN2O5. The van der Waals surface area contributed by atoms with E-state index in [1.807, 2.05) is 30.3 Å². The number of ether oxygens (including phenoxy) is 1. The molecule has 0 bridgehead atoms. The molecule has 0 radical (unpaired) electrons. The minimum absolute atomic E-state index is 0.0789. The van der Waals surface area contributed by atoms with Crippen LogP contribution in [0.3, 0.4) is 0 Å². The summed E-state index contributed by atoms with van der Waals surface area (Å²) in [4.78, 5) is 33.9. The van der Waals surface area contributed by atoms with Gasteiger partial charge in [0.05, 0.1) is 29.0 Å². The fourth-order valence-corrected chi connectivity index (χ4v) is 4.78. The molecule has 1 N–H and O–H groups in total. The summed E-state index contributed by atoms with van der Waals surface area (Å²) in [6, 6.07) is 16.9. The monoisotopic (exact) mass is 512 g/mol. The van der Waals surface area contributed by atoms with E-state index >= 15 is 0 Å². The molecule has 2 amide bonds. The van der Waals surface area contributed by atoms with E-state index in [9.17, 15) is 19.1 Å². The first-order valence-corrected chi connectivity index (χ1v) is 10.9. The number of aromatic hydroxyl groups is 1. The first kappa shape index (κ1) is 21.4. The van der Waals surface area contributed by atoms with E-state index in [-0.39, 0.29) is 17.2 Å². The SMILES string of the molecule is COc1cc([C@@H]2[C@@H]3C(=O)N(c4ccc(F)cc4)C(=O)[C@H]3ON2c2ccccc2)cc(Br)c1O. The number of imide groups is 1. The van der Waals surface area contributed by atoms with Crippen molar-refractivity contribution in [2.45, 2.75) is 12.1 Å². The van der Waals surface area contributed by atoms with Gasteiger partial charge in [-0.3, -0.25) is 14.4 Å². The standard InChI is InChI=1S/C24H18BrFN2O5/c1-32-18-12-13(11-17(25)21(18)29)20-19-22(33-28(20)16-5-3-2-4-6-16)24(31)27(23(19)30)15-9-7-14(26)8-10-15/h2-12,19-20,22,29H,1H3/t19-,20+,22-/m0/s1. The fraction of sp³-hybridized carbons (Fsp3) is 0.167. The van der Waals surface area contributed by atoms with Gasteiger partial charge in [-0.25, -0.2) is 14.4 Å². The van der Waals surface area contributed by atoms with Gasteiger partial charge in [-0.1, -0.05) is 18.2 Å². The summed E-state index contributed by atoms with van der Waals surface area (Å²) in [6.07, 6.45) is -1.06. The maximum atomic E-state index is 13.6. The number of anilines is 2. The highest BCUT2D eigenvalue weighted by Gasteiger charge is 2.60. The number of hydrogen-bond donors (Lipinski definition) is 1. The van der Waals surface area contributed by atoms with Gasteiger partial charge in [0.2, 0.25) is 5.91 Å². The molecule has 33 heavy (non-hydrogen) atoms. The summed E-state index contributed by atoms with van der Waals surface area (Å²) in [7, 11) is 1.43. The predicted octanol–water partition coefficient (Wildman–Crippen LogP) is 4.35. The summed E-state index contributed by atoms with van der Waals surface area (Å²) in [5.74, 6) is -2.19. The summed E-state index contributed by atoms with van der Waals surface area (Å²) in [6.45, 7) is 0. The molecule has 2 aliphatic rings. The van der Waals surface area contributed by atoms with Crippen LogP contribution in [0.5, 0.6) is 11.5 Å². The Morgan fingerprint density at radius 1 is 1.00 bits per heavy atom. The second-order valence-electron chi connectivity index (χ2n) is 7.70. The molecule has 0 saturated carbocycles. The summed E-state index contributed by atoms with van der Waals surface area (Å²) >= 11 is 3.33. The lowest BCUT2D eigenvalue weighted by atomic mass is 9.90. The molecule has 0 aliphatic carbocycles. The van der Waals surface area contributed by atoms with E-state index in [0.29, 0.717) is 15.7 Å². The van der Waals surface area contributed by atoms with E-state index < -0.39 is 35.7 Å². The molecule has 168 valence electrons. The zero-order valence-electron chi connectivity index (χ0n) is 17.3. The maximum Gasteiger partial charge on any atom is 0.266 e. The largest absolute Gasteiger partial charge is 0.503 e. The van der Waals surface area contributed by atoms with Crippen LogP contribution < -0.4 is 14.7 Å². The van der Waals surface area contributed by atoms with E-state index in [1.54, 1.807) is 17.2 Å². The molecular weight excluding hydrogens is 495 g/mol. The average molecular weight is 513 g/mol. The quantitative estimate of drug-likeness (QED) is 0.523. The van der Waals surface area contributed by atoms with Crippen LogP contribution in [0, 0.1) is 11.7 Å². The highest BCUT2D eigenvalue weighted by Crippen LogP contribution is 2.49. The lowest BCUT2D eigenvalue weighted by molar-refractivity contribution is -0.126. The van der Waals surface area contributed by atoms with Gasteiger partial charge in [-0.15, -0.1) is 0 Å². The third-order valence-electron chi connectivity index (χ3n) is 5.82. The summed E-state index contributed by atoms with van der Waals surface area (Å²) in [5.41, 5.74) is 1.54. The zero-order chi connectivity index (χ0) is 23.3. The molecule has 7 nitrogen and oxygen atoms in total. The number of hydroxylamine groups is 1. The van der Waals surface area contributed by atoms with Gasteiger partial charge >= 0.3 is 0 Å². The van der Waals surface area contributed by atoms with Gasteiger partial charge in [-0.05, 0) is 70.0 Å². The summed E-state index contributed by atoms with van der Waals surface area (Å²) < 4.78 is 19.1. The first-order chi connectivity index (χ1) is 15.9. The number of halogens is 2. The summed E-state index contributed by atoms with van der Waals surface area (Å²) in [5, 5.41) is 11.8. The average Bonchev–Trinajstić information content (AvgIpc) is 3.33. The number of nitrogens with zero attached hydrogens (tertiary/aromatic N) is 2. The van der Waals surface area contributed by atoms with Crippen LogP contribution in [0.15, 0.2) is 71.2 Å². The molecule has 9 heteroatoms. The number of fused-ring (bicyclic) bond motifs is 1. The van der Waals surface area contributed by atoms with Gasteiger partial charge < -0.3 is 9.84 Å². The Balaban J connectivity index is 1.62. The number of methoxy groups -OCH3 is 1. The third-order valence-corrected chi connectivity index (χ3v) is 6.43. The zero-order valence-corrected chi connectivity index (χ0v) is 18.9. The van der Waals surface area contributed by atoms with Crippen molar-refractivity contribution in [2.75, 3.05) is 17.1 Å². The third kappa shape index (κ3) is 3.44. The minimum atomic E-state index is -1.06. The van der Waals surface area contributed by atoms with Crippen molar-refractivity contribution in [3.63, 3.8) is 0 Å². The normalized spacial score (nSPS) is 22.1. The van der Waals surface area contributed by atoms with Gasteiger partial charge in [0, 0.05) is 0 Å². The highest BCUT2D eigenvalue weighted by atomic mass is 79.9. The topological polar surface area (TPSA) is 79.3 Å². The van der Waals surface area contributed by atoms with Crippen LogP contribution >= 0.6 is 15.9 Å². The molecule has 2 fully saturated rings. The predicted molar refractivity (Wildman–Crippen MR) is 121 cm³/mol. The van der Waals surface area contributed by atoms with Gasteiger partial charge in [-0.2, -0.15) is 0 Å². The Hall–Kier alpha value is -3.43. The Labute approximate surface area is 197 Å². The second-order valence-corrected chi connectivity index (χ2v) is 8.55. The van der Waals surface area contributed by atoms with E-state index in [2.05, 4.69) is 15.9 Å². The number of phenolic OH excluding ortho intramolecular Hbond substituents is 1. The molecule has 2 aliphatic heterocycles. The van der Waals surface area contributed by atoms with Crippen LogP contribution in [-0.4, -0.2) is 30.1 Å². The number of hydrogen-bond acceptors (Lipinski definition) is 6. The Bertz CT molecular complexity index is 1240. The van der Waals surface area contributed by atoms with Gasteiger partial charge in [0.25, 0.3) is 5.91 Å². The van der Waals surface area contributed by atoms with Crippen molar-refractivity contribution >= 4 is 39.1 Å². The van der Waals surface area contributed by atoms with Crippen LogP contribution in [-0.2, 0) is 14.4 Å². The van der Waals surface area contributed by atoms with Crippen LogP contribution in [0.4, 0.5) is 15.8 Å². The number of amides is 2. The molecule has 2 saturated heterocycles. The molecule has 3 aromatic carbocycles. The Kier molecular flexibility index (Phi) is 5.30. The van der Waals surface area contributed by atoms with Gasteiger partial charge in [0.15, 0.2) is 17.6 Å². The Morgan fingerprint density at radius 3 is 2.36 bits per heavy atom. The number of benzene rings is 3. The van der Waals surface area contributed by atoms with Crippen molar-refractivity contribution < 1.29 is 28.7 Å². The molecule has 0 aromatic heterocycles. The number of rotatable bonds is 4. The fourth-order valence-electron chi connectivity index (χ4n) is 4.32. The molecule has 5 rings (SSSR count). The van der Waals surface area contributed by atoms with Crippen LogP contribution in [0.1, 0.15) is 11.6 Å². The maximum absolute atomic E-state index is 13.6. The number of carbonyl (C=O) groups is 2. The van der Waals surface area contributed by atoms with Crippen molar-refractivity contribution in [2.24, 2.45) is 5.92 Å². The molecule has 3 atom stereocenters. The van der Waals surface area contributed by atoms with E-state index in [0.717, 1.165) is 4.90 Å². The molecule has 0 spiro atoms. The van der Waals surface area contributed by atoms with Crippen molar-refractivity contribution in [1.82, 2.24) is 0 Å². The highest BCUT2D eigenvalue weighted by molar-refractivity contribution is 9.10. The lowest BCUT2D eigenvalue weighted by Gasteiger charge is -2.29. The smallest absolute Gasteiger partial charge is 0.266 e. The number of para-hydroxylation sites is 1. The first-order valence-electron chi connectivity index (χ1n) is 10.1. The lowest BCUT2D eigenvalue weighted by Crippen LogP contribution is -2.37. The van der Waals surface area contributed by atoms with Crippen LogP contribution in [0.2, 0.25) is 0 Å². The van der Waals surface area contributed by atoms with Crippen molar-refractivity contribution in [3.8, 4) is 11.5 Å².